The van der Waals surface area contributed by atoms with Gasteiger partial charge in [-0.2, -0.15) is 0 Å². The Balaban J connectivity index is 2.39. The van der Waals surface area contributed by atoms with Crippen LogP contribution >= 0.6 is 11.6 Å². The lowest BCUT2D eigenvalue weighted by atomic mass is 10.0. The molecule has 1 N–H and O–H groups in total. The molecule has 0 aliphatic carbocycles. The summed E-state index contributed by atoms with van der Waals surface area (Å²) in [5.41, 5.74) is 2.25. The molecule has 21 heavy (non-hydrogen) atoms. The first kappa shape index (κ1) is 15.8. The summed E-state index contributed by atoms with van der Waals surface area (Å²) in [6.07, 6.45) is 0. The maximum absolute atomic E-state index is 14.3. The Morgan fingerprint density at radius 1 is 1.24 bits per heavy atom. The highest BCUT2D eigenvalue weighted by Crippen LogP contribution is 2.31. The average molecular weight is 308 g/mol. The Morgan fingerprint density at radius 3 is 2.67 bits per heavy atom. The first-order valence-electron chi connectivity index (χ1n) is 6.87. The minimum atomic E-state index is -0.356. The molecule has 0 spiro atoms. The lowest BCUT2D eigenvalue weighted by molar-refractivity contribution is 0.387. The highest BCUT2D eigenvalue weighted by molar-refractivity contribution is 6.31. The first-order chi connectivity index (χ1) is 10.0. The maximum atomic E-state index is 14.3. The molecule has 0 aliphatic rings. The minimum Gasteiger partial charge on any atom is -0.494 e. The smallest absolute Gasteiger partial charge is 0.172 e. The van der Waals surface area contributed by atoms with Crippen molar-refractivity contribution in [2.24, 2.45) is 0 Å². The fraction of sp³-hybridized carbons (Fsp3) is 0.294. The summed E-state index contributed by atoms with van der Waals surface area (Å²) >= 11 is 6.21. The molecule has 0 aliphatic heterocycles. The fourth-order valence-corrected chi connectivity index (χ4v) is 2.27. The van der Waals surface area contributed by atoms with Crippen molar-refractivity contribution in [2.75, 3.05) is 7.11 Å². The van der Waals surface area contributed by atoms with Crippen LogP contribution in [0.25, 0.3) is 11.1 Å². The van der Waals surface area contributed by atoms with Crippen LogP contribution in [0.2, 0.25) is 5.02 Å². The Kier molecular flexibility index (Phi) is 5.21. The summed E-state index contributed by atoms with van der Waals surface area (Å²) in [4.78, 5) is 0. The minimum absolute atomic E-state index is 0.240. The van der Waals surface area contributed by atoms with Gasteiger partial charge in [0.05, 0.1) is 7.11 Å². The molecule has 0 atom stereocenters. The molecule has 2 nitrogen and oxygen atoms in total. The normalized spacial score (nSPS) is 11.0. The van der Waals surface area contributed by atoms with Crippen molar-refractivity contribution in [3.63, 3.8) is 0 Å². The standard InChI is InChI=1S/C17H19ClFNO/c1-11(2)20-10-13-9-12(7-8-15(13)18)14-5-4-6-16(21-3)17(14)19/h4-9,11,20H,10H2,1-3H3. The van der Waals surface area contributed by atoms with E-state index in [-0.39, 0.29) is 11.6 Å². The molecule has 2 rings (SSSR count). The van der Waals surface area contributed by atoms with E-state index in [2.05, 4.69) is 19.2 Å². The van der Waals surface area contributed by atoms with Crippen molar-refractivity contribution >= 4 is 11.6 Å². The second-order valence-electron chi connectivity index (χ2n) is 5.16. The number of hydrogen-bond donors (Lipinski definition) is 1. The van der Waals surface area contributed by atoms with E-state index in [9.17, 15) is 4.39 Å². The van der Waals surface area contributed by atoms with Crippen LogP contribution in [0, 0.1) is 5.82 Å². The Bertz CT molecular complexity index is 628. The van der Waals surface area contributed by atoms with Crippen molar-refractivity contribution in [1.82, 2.24) is 5.32 Å². The molecular formula is C17H19ClFNO. The molecule has 0 heterocycles. The molecule has 0 amide bonds. The fourth-order valence-electron chi connectivity index (χ4n) is 2.08. The predicted octanol–water partition coefficient (Wildman–Crippen LogP) is 4.65. The lowest BCUT2D eigenvalue weighted by Gasteiger charge is -2.12. The van der Waals surface area contributed by atoms with Crippen LogP contribution in [0.5, 0.6) is 5.75 Å². The largest absolute Gasteiger partial charge is 0.494 e. The molecular weight excluding hydrogens is 289 g/mol. The second kappa shape index (κ2) is 6.92. The van der Waals surface area contributed by atoms with E-state index in [1.165, 1.54) is 7.11 Å². The van der Waals surface area contributed by atoms with Crippen LogP contribution < -0.4 is 10.1 Å². The van der Waals surface area contributed by atoms with Crippen LogP contribution in [0.3, 0.4) is 0 Å². The van der Waals surface area contributed by atoms with Gasteiger partial charge in [0.15, 0.2) is 11.6 Å². The molecule has 0 unspecified atom stereocenters. The molecule has 0 saturated carbocycles. The number of hydrogen-bond acceptors (Lipinski definition) is 2. The Labute approximate surface area is 129 Å². The van der Waals surface area contributed by atoms with Crippen LogP contribution in [0.4, 0.5) is 4.39 Å². The van der Waals surface area contributed by atoms with Crippen LogP contribution in [-0.2, 0) is 6.54 Å². The van der Waals surface area contributed by atoms with E-state index in [0.29, 0.717) is 23.2 Å². The molecule has 112 valence electrons. The van der Waals surface area contributed by atoms with Gasteiger partial charge >= 0.3 is 0 Å². The third kappa shape index (κ3) is 3.74. The molecule has 0 fully saturated rings. The highest BCUT2D eigenvalue weighted by atomic mass is 35.5. The molecule has 0 bridgehead atoms. The predicted molar refractivity (Wildman–Crippen MR) is 85.4 cm³/mol. The summed E-state index contributed by atoms with van der Waals surface area (Å²) in [6.45, 7) is 4.79. The van der Waals surface area contributed by atoms with Gasteiger partial charge in [0.1, 0.15) is 0 Å². The molecule has 2 aromatic carbocycles. The van der Waals surface area contributed by atoms with Gasteiger partial charge < -0.3 is 10.1 Å². The molecule has 0 radical (unpaired) electrons. The van der Waals surface area contributed by atoms with Crippen LogP contribution in [0.15, 0.2) is 36.4 Å². The number of rotatable bonds is 5. The Hall–Kier alpha value is -1.58. The molecule has 4 heteroatoms. The van der Waals surface area contributed by atoms with Crippen molar-refractivity contribution < 1.29 is 9.13 Å². The number of methoxy groups -OCH3 is 1. The highest BCUT2D eigenvalue weighted by Gasteiger charge is 2.12. The summed E-state index contributed by atoms with van der Waals surface area (Å²) in [5.74, 6) is -0.116. The number of halogens is 2. The maximum Gasteiger partial charge on any atom is 0.172 e. The first-order valence-corrected chi connectivity index (χ1v) is 7.25. The van der Waals surface area contributed by atoms with Crippen molar-refractivity contribution in [3.05, 3.63) is 52.8 Å². The van der Waals surface area contributed by atoms with Crippen LogP contribution in [-0.4, -0.2) is 13.2 Å². The van der Waals surface area contributed by atoms with Gasteiger partial charge in [0.25, 0.3) is 0 Å². The molecule has 0 saturated heterocycles. The quantitative estimate of drug-likeness (QED) is 0.868. The van der Waals surface area contributed by atoms with Crippen LogP contribution in [0.1, 0.15) is 19.4 Å². The van der Waals surface area contributed by atoms with E-state index >= 15 is 0 Å². The third-order valence-corrected chi connectivity index (χ3v) is 3.61. The molecule has 2 aromatic rings. The monoisotopic (exact) mass is 307 g/mol. The summed E-state index contributed by atoms with van der Waals surface area (Å²) in [5, 5.41) is 3.99. The van der Waals surface area contributed by atoms with Gasteiger partial charge in [0.2, 0.25) is 0 Å². The van der Waals surface area contributed by atoms with Crippen molar-refractivity contribution in [2.45, 2.75) is 26.4 Å². The van der Waals surface area contributed by atoms with Gasteiger partial charge in [-0.05, 0) is 29.3 Å². The lowest BCUT2D eigenvalue weighted by Crippen LogP contribution is -2.22. The van der Waals surface area contributed by atoms with E-state index in [4.69, 9.17) is 16.3 Å². The zero-order valence-corrected chi connectivity index (χ0v) is 13.2. The van der Waals surface area contributed by atoms with Gasteiger partial charge in [-0.25, -0.2) is 4.39 Å². The third-order valence-electron chi connectivity index (χ3n) is 3.24. The second-order valence-corrected chi connectivity index (χ2v) is 5.57. The summed E-state index contributed by atoms with van der Waals surface area (Å²) < 4.78 is 19.4. The van der Waals surface area contributed by atoms with Gasteiger partial charge in [-0.15, -0.1) is 0 Å². The number of ether oxygens (including phenoxy) is 1. The average Bonchev–Trinajstić information content (AvgIpc) is 2.47. The zero-order chi connectivity index (χ0) is 15.4. The topological polar surface area (TPSA) is 21.3 Å². The van der Waals surface area contributed by atoms with Crippen molar-refractivity contribution in [1.29, 1.82) is 0 Å². The van der Waals surface area contributed by atoms with E-state index < -0.39 is 0 Å². The molecule has 0 aromatic heterocycles. The van der Waals surface area contributed by atoms with Gasteiger partial charge in [-0.1, -0.05) is 43.6 Å². The summed E-state index contributed by atoms with van der Waals surface area (Å²) in [6, 6.07) is 11.0. The van der Waals surface area contributed by atoms with Gasteiger partial charge in [-0.3, -0.25) is 0 Å². The van der Waals surface area contributed by atoms with Gasteiger partial charge in [0, 0.05) is 23.2 Å². The van der Waals surface area contributed by atoms with E-state index in [0.717, 1.165) is 11.1 Å². The Morgan fingerprint density at radius 2 is 2.00 bits per heavy atom. The van der Waals surface area contributed by atoms with E-state index in [1.807, 2.05) is 12.1 Å². The summed E-state index contributed by atoms with van der Waals surface area (Å²) in [7, 11) is 1.46. The SMILES string of the molecule is COc1cccc(-c2ccc(Cl)c(CNC(C)C)c2)c1F. The van der Waals surface area contributed by atoms with Crippen molar-refractivity contribution in [3.8, 4) is 16.9 Å². The number of benzene rings is 2. The number of nitrogens with one attached hydrogen (secondary N) is 1. The zero-order valence-electron chi connectivity index (χ0n) is 12.4. The van der Waals surface area contributed by atoms with E-state index in [1.54, 1.807) is 24.3 Å².